The molecule has 2 fully saturated rings. The van der Waals surface area contributed by atoms with Gasteiger partial charge in [-0.3, -0.25) is 0 Å². The Morgan fingerprint density at radius 2 is 1.60 bits per heavy atom. The average Bonchev–Trinajstić information content (AvgIpc) is 2.34. The molecule has 0 aromatic heterocycles. The van der Waals surface area contributed by atoms with Gasteiger partial charge in [0.1, 0.15) is 0 Å². The fourth-order valence-corrected chi connectivity index (χ4v) is 4.16. The van der Waals surface area contributed by atoms with Crippen molar-refractivity contribution in [2.45, 2.75) is 36.9 Å². The highest BCUT2D eigenvalue weighted by atomic mass is 32.2. The van der Waals surface area contributed by atoms with Crippen LogP contribution in [-0.2, 0) is 9.84 Å². The van der Waals surface area contributed by atoms with E-state index in [4.69, 9.17) is 0 Å². The summed E-state index contributed by atoms with van der Waals surface area (Å²) in [7, 11) is -2.62. The lowest BCUT2D eigenvalue weighted by Crippen LogP contribution is -2.48. The molecule has 2 nitrogen and oxygen atoms in total. The molecule has 0 unspecified atom stereocenters. The Kier molecular flexibility index (Phi) is 1.17. The molecule has 0 amide bonds. The Hall–Kier alpha value is -0.0500. The van der Waals surface area contributed by atoms with E-state index in [-0.39, 0.29) is 4.75 Å². The van der Waals surface area contributed by atoms with E-state index in [1.807, 2.05) is 0 Å². The van der Waals surface area contributed by atoms with E-state index in [1.165, 1.54) is 0 Å². The van der Waals surface area contributed by atoms with Crippen molar-refractivity contribution in [1.29, 1.82) is 0 Å². The SMILES string of the molecule is O=S1(=O)CCC12CCCC2. The third-order valence-electron chi connectivity index (χ3n) is 3.00. The first-order chi connectivity index (χ1) is 4.66. The summed E-state index contributed by atoms with van der Waals surface area (Å²) in [6.07, 6.45) is 5.07. The maximum absolute atomic E-state index is 11.2. The summed E-state index contributed by atoms with van der Waals surface area (Å²) in [5, 5.41) is 0. The van der Waals surface area contributed by atoms with E-state index >= 15 is 0 Å². The second kappa shape index (κ2) is 1.76. The zero-order valence-electron chi connectivity index (χ0n) is 5.97. The minimum absolute atomic E-state index is 0.215. The fourth-order valence-electron chi connectivity index (χ4n) is 2.14. The van der Waals surface area contributed by atoms with Gasteiger partial charge in [-0.15, -0.1) is 0 Å². The molecule has 0 radical (unpaired) electrons. The molecule has 0 atom stereocenters. The second-order valence-electron chi connectivity index (χ2n) is 3.46. The van der Waals surface area contributed by atoms with Crippen LogP contribution >= 0.6 is 0 Å². The summed E-state index contributed by atoms with van der Waals surface area (Å²) in [6, 6.07) is 0. The Bertz CT molecular complexity index is 234. The van der Waals surface area contributed by atoms with Crippen molar-refractivity contribution in [2.24, 2.45) is 0 Å². The van der Waals surface area contributed by atoms with Crippen molar-refractivity contribution in [1.82, 2.24) is 0 Å². The van der Waals surface area contributed by atoms with E-state index < -0.39 is 9.84 Å². The number of rotatable bonds is 0. The van der Waals surface area contributed by atoms with E-state index in [9.17, 15) is 8.42 Å². The summed E-state index contributed by atoms with van der Waals surface area (Å²) in [5.74, 6) is 0.451. The van der Waals surface area contributed by atoms with Gasteiger partial charge in [0.25, 0.3) is 0 Å². The molecule has 0 bridgehead atoms. The molecular formula is C7H12O2S. The van der Waals surface area contributed by atoms with Crippen LogP contribution in [0.25, 0.3) is 0 Å². The molecule has 0 aromatic rings. The quantitative estimate of drug-likeness (QED) is 0.532. The number of sulfone groups is 1. The summed E-state index contributed by atoms with van der Waals surface area (Å²) in [5.41, 5.74) is 0. The first kappa shape index (κ1) is 6.65. The highest BCUT2D eigenvalue weighted by Gasteiger charge is 2.52. The van der Waals surface area contributed by atoms with Crippen LogP contribution in [0.15, 0.2) is 0 Å². The van der Waals surface area contributed by atoms with Crippen LogP contribution in [-0.4, -0.2) is 18.9 Å². The third kappa shape index (κ3) is 0.617. The average molecular weight is 160 g/mol. The topological polar surface area (TPSA) is 34.1 Å². The zero-order valence-corrected chi connectivity index (χ0v) is 6.78. The van der Waals surface area contributed by atoms with Crippen molar-refractivity contribution < 1.29 is 8.42 Å². The normalized spacial score (nSPS) is 34.0. The van der Waals surface area contributed by atoms with Gasteiger partial charge >= 0.3 is 0 Å². The second-order valence-corrected chi connectivity index (χ2v) is 5.96. The van der Waals surface area contributed by atoms with Crippen molar-refractivity contribution in [3.63, 3.8) is 0 Å². The van der Waals surface area contributed by atoms with Gasteiger partial charge in [-0.2, -0.15) is 0 Å². The van der Waals surface area contributed by atoms with Crippen LogP contribution < -0.4 is 0 Å². The maximum Gasteiger partial charge on any atom is 0.156 e. The van der Waals surface area contributed by atoms with Gasteiger partial charge in [0.15, 0.2) is 9.84 Å². The highest BCUT2D eigenvalue weighted by Crippen LogP contribution is 2.46. The van der Waals surface area contributed by atoms with E-state index in [0.717, 1.165) is 32.1 Å². The predicted molar refractivity (Wildman–Crippen MR) is 39.6 cm³/mol. The molecule has 1 heterocycles. The number of hydrogen-bond acceptors (Lipinski definition) is 2. The van der Waals surface area contributed by atoms with Crippen LogP contribution in [0.4, 0.5) is 0 Å². The smallest absolute Gasteiger partial charge is 0.156 e. The van der Waals surface area contributed by atoms with E-state index in [0.29, 0.717) is 5.75 Å². The van der Waals surface area contributed by atoms with Gasteiger partial charge in [-0.25, -0.2) is 8.42 Å². The van der Waals surface area contributed by atoms with Gasteiger partial charge in [-0.1, -0.05) is 12.8 Å². The minimum atomic E-state index is -2.62. The monoisotopic (exact) mass is 160 g/mol. The van der Waals surface area contributed by atoms with Crippen molar-refractivity contribution in [3.05, 3.63) is 0 Å². The van der Waals surface area contributed by atoms with Gasteiger partial charge in [-0.05, 0) is 19.3 Å². The Labute approximate surface area is 61.5 Å². The lowest BCUT2D eigenvalue weighted by Gasteiger charge is -2.37. The van der Waals surface area contributed by atoms with E-state index in [1.54, 1.807) is 0 Å². The standard InChI is InChI=1S/C7H12O2S/c8-10(9)6-5-7(10)3-1-2-4-7/h1-6H2. The third-order valence-corrected chi connectivity index (χ3v) is 5.67. The summed E-state index contributed by atoms with van der Waals surface area (Å²) >= 11 is 0. The van der Waals surface area contributed by atoms with Gasteiger partial charge in [0.05, 0.1) is 10.5 Å². The lowest BCUT2D eigenvalue weighted by molar-refractivity contribution is 0.456. The highest BCUT2D eigenvalue weighted by molar-refractivity contribution is 7.94. The minimum Gasteiger partial charge on any atom is -0.228 e. The van der Waals surface area contributed by atoms with Crippen molar-refractivity contribution in [3.8, 4) is 0 Å². The van der Waals surface area contributed by atoms with Crippen LogP contribution in [0.3, 0.4) is 0 Å². The van der Waals surface area contributed by atoms with Gasteiger partial charge < -0.3 is 0 Å². The molecule has 0 aromatic carbocycles. The lowest BCUT2D eigenvalue weighted by atomic mass is 10.0. The largest absolute Gasteiger partial charge is 0.228 e. The van der Waals surface area contributed by atoms with Crippen LogP contribution in [0, 0.1) is 0 Å². The molecule has 3 heteroatoms. The van der Waals surface area contributed by atoms with Gasteiger partial charge in [0, 0.05) is 0 Å². The first-order valence-corrected chi connectivity index (χ1v) is 5.54. The van der Waals surface area contributed by atoms with Crippen LogP contribution in [0.5, 0.6) is 0 Å². The molecule has 1 saturated heterocycles. The Balaban J connectivity index is 2.32. The first-order valence-electron chi connectivity index (χ1n) is 3.89. The summed E-state index contributed by atoms with van der Waals surface area (Å²) in [4.78, 5) is 0. The summed E-state index contributed by atoms with van der Waals surface area (Å²) < 4.78 is 22.3. The molecular weight excluding hydrogens is 148 g/mol. The van der Waals surface area contributed by atoms with Crippen molar-refractivity contribution in [2.75, 3.05) is 5.75 Å². The zero-order chi connectivity index (χ0) is 7.24. The molecule has 10 heavy (non-hydrogen) atoms. The number of hydrogen-bond donors (Lipinski definition) is 0. The molecule has 0 N–H and O–H groups in total. The maximum atomic E-state index is 11.2. The van der Waals surface area contributed by atoms with Gasteiger partial charge in [0.2, 0.25) is 0 Å². The Morgan fingerprint density at radius 3 is 1.80 bits per heavy atom. The fraction of sp³-hybridized carbons (Fsp3) is 1.00. The molecule has 2 rings (SSSR count). The van der Waals surface area contributed by atoms with Crippen molar-refractivity contribution >= 4 is 9.84 Å². The molecule has 1 spiro atoms. The van der Waals surface area contributed by atoms with E-state index in [2.05, 4.69) is 0 Å². The molecule has 1 saturated carbocycles. The molecule has 1 aliphatic carbocycles. The molecule has 58 valence electrons. The molecule has 2 aliphatic rings. The van der Waals surface area contributed by atoms with Crippen LogP contribution in [0.2, 0.25) is 0 Å². The van der Waals surface area contributed by atoms with Crippen LogP contribution in [0.1, 0.15) is 32.1 Å². The summed E-state index contributed by atoms with van der Waals surface area (Å²) in [6.45, 7) is 0. The molecule has 1 aliphatic heterocycles. The Morgan fingerprint density at radius 1 is 1.00 bits per heavy atom. The predicted octanol–water partition coefficient (Wildman–Crippen LogP) is 1.12.